The number of para-hydroxylation sites is 1. The van der Waals surface area contributed by atoms with Crippen molar-refractivity contribution in [1.82, 2.24) is 10.2 Å². The van der Waals surface area contributed by atoms with Gasteiger partial charge in [0.15, 0.2) is 6.61 Å². The third-order valence-corrected chi connectivity index (χ3v) is 6.83. The summed E-state index contributed by atoms with van der Waals surface area (Å²) in [5.41, 5.74) is 3.22. The van der Waals surface area contributed by atoms with E-state index in [0.717, 1.165) is 48.1 Å². The van der Waals surface area contributed by atoms with Crippen molar-refractivity contribution in [3.05, 3.63) is 65.2 Å². The summed E-state index contributed by atoms with van der Waals surface area (Å²) in [5, 5.41) is 3.23. The molecule has 1 fully saturated rings. The standard InChI is InChI=1S/C29H40N2O3/c1-5-26(29(33)30-24-15-7-6-8-16-24)31(19-23-14-10-9-13-22(23)4)28(32)20-34-27-18-12-11-17-25(27)21(2)3/h9-14,17-18,21,24,26H,5-8,15-16,19-20H2,1-4H3,(H,30,33). The lowest BCUT2D eigenvalue weighted by Crippen LogP contribution is -2.52. The Hall–Kier alpha value is -2.82. The van der Waals surface area contributed by atoms with Crippen LogP contribution in [0.25, 0.3) is 0 Å². The molecule has 2 aromatic carbocycles. The van der Waals surface area contributed by atoms with E-state index in [1.807, 2.05) is 62.4 Å². The van der Waals surface area contributed by atoms with Crippen molar-refractivity contribution in [2.45, 2.75) is 90.8 Å². The summed E-state index contributed by atoms with van der Waals surface area (Å²) in [6, 6.07) is 15.5. The van der Waals surface area contributed by atoms with Gasteiger partial charge in [0.1, 0.15) is 11.8 Å². The molecule has 0 saturated heterocycles. The average molecular weight is 465 g/mol. The van der Waals surface area contributed by atoms with Crippen LogP contribution in [0.3, 0.4) is 0 Å². The molecular formula is C29H40N2O3. The topological polar surface area (TPSA) is 58.6 Å². The van der Waals surface area contributed by atoms with E-state index in [-0.39, 0.29) is 24.5 Å². The van der Waals surface area contributed by atoms with Gasteiger partial charge >= 0.3 is 0 Å². The maximum absolute atomic E-state index is 13.5. The minimum absolute atomic E-state index is 0.0566. The van der Waals surface area contributed by atoms with Gasteiger partial charge in [0.25, 0.3) is 5.91 Å². The van der Waals surface area contributed by atoms with E-state index < -0.39 is 6.04 Å². The second-order valence-electron chi connectivity index (χ2n) is 9.70. The molecule has 1 unspecified atom stereocenters. The Bertz CT molecular complexity index is 950. The van der Waals surface area contributed by atoms with E-state index in [0.29, 0.717) is 18.9 Å². The Morgan fingerprint density at radius 3 is 2.38 bits per heavy atom. The number of nitrogens with zero attached hydrogens (tertiary/aromatic N) is 1. The predicted octanol–water partition coefficient (Wildman–Crippen LogP) is 5.75. The van der Waals surface area contributed by atoms with Gasteiger partial charge in [0, 0.05) is 12.6 Å². The van der Waals surface area contributed by atoms with Gasteiger partial charge in [-0.1, -0.05) is 82.5 Å². The Kier molecular flexibility index (Phi) is 9.55. The van der Waals surface area contributed by atoms with Gasteiger partial charge in [-0.15, -0.1) is 0 Å². The number of ether oxygens (including phenoxy) is 1. The number of carbonyl (C=O) groups is 2. The third-order valence-electron chi connectivity index (χ3n) is 6.83. The molecule has 1 saturated carbocycles. The summed E-state index contributed by atoms with van der Waals surface area (Å²) >= 11 is 0. The van der Waals surface area contributed by atoms with Crippen LogP contribution < -0.4 is 10.1 Å². The van der Waals surface area contributed by atoms with Crippen LogP contribution in [0, 0.1) is 6.92 Å². The molecule has 1 atom stereocenters. The van der Waals surface area contributed by atoms with Gasteiger partial charge in [-0.05, 0) is 54.9 Å². The van der Waals surface area contributed by atoms with E-state index in [2.05, 4.69) is 19.2 Å². The maximum Gasteiger partial charge on any atom is 0.261 e. The predicted molar refractivity (Wildman–Crippen MR) is 137 cm³/mol. The first kappa shape index (κ1) is 25.8. The van der Waals surface area contributed by atoms with Gasteiger partial charge in [0.05, 0.1) is 0 Å². The van der Waals surface area contributed by atoms with E-state index >= 15 is 0 Å². The number of benzene rings is 2. The fourth-order valence-electron chi connectivity index (χ4n) is 4.75. The first-order valence-electron chi connectivity index (χ1n) is 12.8. The highest BCUT2D eigenvalue weighted by molar-refractivity contribution is 5.88. The summed E-state index contributed by atoms with van der Waals surface area (Å²) < 4.78 is 6.01. The number of nitrogens with one attached hydrogen (secondary N) is 1. The first-order valence-corrected chi connectivity index (χ1v) is 12.8. The lowest BCUT2D eigenvalue weighted by atomic mass is 9.95. The van der Waals surface area contributed by atoms with Crippen LogP contribution in [0.5, 0.6) is 5.75 Å². The number of carbonyl (C=O) groups excluding carboxylic acids is 2. The molecule has 0 aromatic heterocycles. The number of hydrogen-bond donors (Lipinski definition) is 1. The highest BCUT2D eigenvalue weighted by atomic mass is 16.5. The Morgan fingerprint density at radius 1 is 1.03 bits per heavy atom. The summed E-state index contributed by atoms with van der Waals surface area (Å²) in [6.45, 7) is 8.52. The fourth-order valence-corrected chi connectivity index (χ4v) is 4.75. The van der Waals surface area contributed by atoms with Crippen LogP contribution in [0.1, 0.15) is 81.9 Å². The monoisotopic (exact) mass is 464 g/mol. The second-order valence-corrected chi connectivity index (χ2v) is 9.70. The summed E-state index contributed by atoms with van der Waals surface area (Å²) in [7, 11) is 0. The van der Waals surface area contributed by atoms with Crippen molar-refractivity contribution < 1.29 is 14.3 Å². The normalized spacial score (nSPS) is 15.1. The third kappa shape index (κ3) is 6.85. The minimum atomic E-state index is -0.530. The van der Waals surface area contributed by atoms with Crippen molar-refractivity contribution in [2.75, 3.05) is 6.61 Å². The molecule has 34 heavy (non-hydrogen) atoms. The molecule has 0 spiro atoms. The summed E-state index contributed by atoms with van der Waals surface area (Å²) in [5.74, 6) is 0.784. The SMILES string of the molecule is CCC(C(=O)NC1CCCCC1)N(Cc1ccccc1C)C(=O)COc1ccccc1C(C)C. The molecule has 1 N–H and O–H groups in total. The van der Waals surface area contributed by atoms with E-state index in [4.69, 9.17) is 4.74 Å². The van der Waals surface area contributed by atoms with Crippen molar-refractivity contribution in [3.8, 4) is 5.75 Å². The minimum Gasteiger partial charge on any atom is -0.483 e. The molecule has 5 heteroatoms. The van der Waals surface area contributed by atoms with Crippen LogP contribution in [0.4, 0.5) is 0 Å². The fraction of sp³-hybridized carbons (Fsp3) is 0.517. The lowest BCUT2D eigenvalue weighted by molar-refractivity contribution is -0.143. The van der Waals surface area contributed by atoms with Gasteiger partial charge in [-0.2, -0.15) is 0 Å². The van der Waals surface area contributed by atoms with Gasteiger partial charge < -0.3 is 15.0 Å². The van der Waals surface area contributed by atoms with Crippen LogP contribution >= 0.6 is 0 Å². The molecule has 1 aliphatic carbocycles. The van der Waals surface area contributed by atoms with Crippen molar-refractivity contribution in [2.24, 2.45) is 0 Å². The lowest BCUT2D eigenvalue weighted by Gasteiger charge is -2.33. The maximum atomic E-state index is 13.5. The first-order chi connectivity index (χ1) is 16.4. The van der Waals surface area contributed by atoms with E-state index in [1.54, 1.807) is 4.90 Å². The van der Waals surface area contributed by atoms with Crippen LogP contribution in [0.15, 0.2) is 48.5 Å². The molecule has 5 nitrogen and oxygen atoms in total. The highest BCUT2D eigenvalue weighted by Gasteiger charge is 2.31. The molecule has 2 aromatic rings. The van der Waals surface area contributed by atoms with E-state index in [1.165, 1.54) is 6.42 Å². The molecular weight excluding hydrogens is 424 g/mol. The molecule has 0 aliphatic heterocycles. The van der Waals surface area contributed by atoms with Crippen LogP contribution in [-0.4, -0.2) is 35.4 Å². The Labute approximate surface area is 204 Å². The van der Waals surface area contributed by atoms with Gasteiger partial charge in [-0.25, -0.2) is 0 Å². The van der Waals surface area contributed by atoms with Gasteiger partial charge in [-0.3, -0.25) is 9.59 Å². The smallest absolute Gasteiger partial charge is 0.261 e. The van der Waals surface area contributed by atoms with Crippen molar-refractivity contribution >= 4 is 11.8 Å². The number of aryl methyl sites for hydroxylation is 1. The molecule has 0 heterocycles. The largest absolute Gasteiger partial charge is 0.483 e. The molecule has 0 radical (unpaired) electrons. The number of amides is 2. The zero-order chi connectivity index (χ0) is 24.5. The molecule has 2 amide bonds. The molecule has 184 valence electrons. The van der Waals surface area contributed by atoms with Crippen molar-refractivity contribution in [1.29, 1.82) is 0 Å². The second kappa shape index (κ2) is 12.6. The molecule has 0 bridgehead atoms. The van der Waals surface area contributed by atoms with E-state index in [9.17, 15) is 9.59 Å². The van der Waals surface area contributed by atoms with Crippen LogP contribution in [-0.2, 0) is 16.1 Å². The summed E-state index contributed by atoms with van der Waals surface area (Å²) in [6.07, 6.45) is 6.12. The molecule has 1 aliphatic rings. The average Bonchev–Trinajstić information content (AvgIpc) is 2.84. The highest BCUT2D eigenvalue weighted by Crippen LogP contribution is 2.26. The molecule has 3 rings (SSSR count). The zero-order valence-electron chi connectivity index (χ0n) is 21.2. The quantitative estimate of drug-likeness (QED) is 0.487. The summed E-state index contributed by atoms with van der Waals surface area (Å²) in [4.78, 5) is 28.6. The number of rotatable bonds is 10. The Morgan fingerprint density at radius 2 is 1.71 bits per heavy atom. The van der Waals surface area contributed by atoms with Crippen molar-refractivity contribution in [3.63, 3.8) is 0 Å². The number of hydrogen-bond acceptors (Lipinski definition) is 3. The van der Waals surface area contributed by atoms with Gasteiger partial charge in [0.2, 0.25) is 5.91 Å². The van der Waals surface area contributed by atoms with Crippen LogP contribution in [0.2, 0.25) is 0 Å². The Balaban J connectivity index is 1.79. The zero-order valence-corrected chi connectivity index (χ0v) is 21.2.